The fraction of sp³-hybridized carbons (Fsp3) is 0.524. The lowest BCUT2D eigenvalue weighted by atomic mass is 10.0. The maximum absolute atomic E-state index is 10.4. The minimum absolute atomic E-state index is 0.219. The first-order valence-electron chi connectivity index (χ1n) is 9.67. The molecule has 5 nitrogen and oxygen atoms in total. The zero-order chi connectivity index (χ0) is 17.8. The van der Waals surface area contributed by atoms with Crippen molar-refractivity contribution < 1.29 is 9.84 Å². The Morgan fingerprint density at radius 1 is 1.08 bits per heavy atom. The SMILES string of the molecule is O[C@@H]1CN(Cc2ccc(OC3CCCC3)cc2)C[C@H]1Cc1cnccn1. The smallest absolute Gasteiger partial charge is 0.119 e. The van der Waals surface area contributed by atoms with Crippen LogP contribution in [0.2, 0.25) is 0 Å². The Hall–Kier alpha value is -1.98. The van der Waals surface area contributed by atoms with E-state index in [4.69, 9.17) is 4.74 Å². The van der Waals surface area contributed by atoms with E-state index in [9.17, 15) is 5.11 Å². The van der Waals surface area contributed by atoms with Gasteiger partial charge < -0.3 is 9.84 Å². The predicted octanol–water partition coefficient (Wildman–Crippen LogP) is 2.83. The highest BCUT2D eigenvalue weighted by atomic mass is 16.5. The first-order valence-corrected chi connectivity index (χ1v) is 9.67. The summed E-state index contributed by atoms with van der Waals surface area (Å²) in [7, 11) is 0. The summed E-state index contributed by atoms with van der Waals surface area (Å²) in [6.07, 6.45) is 11.0. The van der Waals surface area contributed by atoms with Crippen LogP contribution in [0, 0.1) is 5.92 Å². The molecule has 2 atom stereocenters. The highest BCUT2D eigenvalue weighted by Gasteiger charge is 2.31. The summed E-state index contributed by atoms with van der Waals surface area (Å²) in [4.78, 5) is 10.8. The van der Waals surface area contributed by atoms with Gasteiger partial charge in [-0.05, 0) is 49.8 Å². The minimum Gasteiger partial charge on any atom is -0.490 e. The lowest BCUT2D eigenvalue weighted by molar-refractivity contribution is 0.140. The van der Waals surface area contributed by atoms with E-state index in [2.05, 4.69) is 39.1 Å². The average molecular weight is 353 g/mol. The molecule has 4 rings (SSSR count). The molecule has 1 saturated carbocycles. The van der Waals surface area contributed by atoms with Crippen LogP contribution in [0.25, 0.3) is 0 Å². The molecule has 0 unspecified atom stereocenters. The molecule has 0 spiro atoms. The zero-order valence-corrected chi connectivity index (χ0v) is 15.1. The summed E-state index contributed by atoms with van der Waals surface area (Å²) in [5.41, 5.74) is 2.21. The second-order valence-electron chi connectivity index (χ2n) is 7.59. The number of benzene rings is 1. The van der Waals surface area contributed by atoms with Crippen LogP contribution in [0.1, 0.15) is 36.9 Å². The van der Waals surface area contributed by atoms with Crippen molar-refractivity contribution in [1.29, 1.82) is 0 Å². The molecule has 2 fully saturated rings. The predicted molar refractivity (Wildman–Crippen MR) is 99.8 cm³/mol. The molecule has 1 aromatic heterocycles. The Morgan fingerprint density at radius 2 is 1.88 bits per heavy atom. The average Bonchev–Trinajstić information content (AvgIpc) is 3.28. The Bertz CT molecular complexity index is 686. The summed E-state index contributed by atoms with van der Waals surface area (Å²) in [6.45, 7) is 2.46. The maximum Gasteiger partial charge on any atom is 0.119 e. The molecule has 0 bridgehead atoms. The molecule has 5 heteroatoms. The van der Waals surface area contributed by atoms with Crippen LogP contribution >= 0.6 is 0 Å². The molecule has 138 valence electrons. The zero-order valence-electron chi connectivity index (χ0n) is 15.1. The van der Waals surface area contributed by atoms with Gasteiger partial charge in [-0.25, -0.2) is 0 Å². The van der Waals surface area contributed by atoms with E-state index in [1.807, 2.05) is 0 Å². The lowest BCUT2D eigenvalue weighted by Gasteiger charge is -2.17. The molecule has 2 aliphatic rings. The molecule has 2 heterocycles. The fourth-order valence-electron chi connectivity index (χ4n) is 4.11. The Kier molecular flexibility index (Phi) is 5.46. The van der Waals surface area contributed by atoms with Crippen molar-refractivity contribution in [3.05, 3.63) is 54.1 Å². The van der Waals surface area contributed by atoms with Gasteiger partial charge in [0, 0.05) is 44.1 Å². The topological polar surface area (TPSA) is 58.5 Å². The quantitative estimate of drug-likeness (QED) is 0.865. The minimum atomic E-state index is -0.304. The van der Waals surface area contributed by atoms with Gasteiger partial charge in [0.05, 0.1) is 17.9 Å². The largest absolute Gasteiger partial charge is 0.490 e. The standard InChI is InChI=1S/C21H27N3O2/c25-21-15-24(14-17(21)11-18-12-22-9-10-23-18)13-16-5-7-20(8-6-16)26-19-3-1-2-4-19/h5-10,12,17,19,21,25H,1-4,11,13-15H2/t17-,21-/m1/s1. The number of aliphatic hydroxyl groups is 1. The normalized spacial score (nSPS) is 24.2. The Morgan fingerprint density at radius 3 is 2.62 bits per heavy atom. The highest BCUT2D eigenvalue weighted by Crippen LogP contribution is 2.26. The van der Waals surface area contributed by atoms with Gasteiger partial charge >= 0.3 is 0 Å². The van der Waals surface area contributed by atoms with Crippen molar-refractivity contribution in [1.82, 2.24) is 14.9 Å². The number of ether oxygens (including phenoxy) is 1. The van der Waals surface area contributed by atoms with Crippen molar-refractivity contribution in [2.75, 3.05) is 13.1 Å². The molecule has 2 aromatic rings. The van der Waals surface area contributed by atoms with Crippen LogP contribution in [0.15, 0.2) is 42.9 Å². The van der Waals surface area contributed by atoms with Crippen LogP contribution in [-0.4, -0.2) is 45.3 Å². The number of aromatic nitrogens is 2. The van der Waals surface area contributed by atoms with Gasteiger partial charge in [0.15, 0.2) is 0 Å². The fourth-order valence-corrected chi connectivity index (χ4v) is 4.11. The van der Waals surface area contributed by atoms with E-state index in [1.54, 1.807) is 18.6 Å². The third-order valence-corrected chi connectivity index (χ3v) is 5.50. The van der Waals surface area contributed by atoms with Gasteiger partial charge in [0.25, 0.3) is 0 Å². The first kappa shape index (κ1) is 17.4. The van der Waals surface area contributed by atoms with Gasteiger partial charge in [-0.3, -0.25) is 14.9 Å². The van der Waals surface area contributed by atoms with E-state index in [0.29, 0.717) is 12.6 Å². The maximum atomic E-state index is 10.4. The summed E-state index contributed by atoms with van der Waals surface area (Å²) in [5.74, 6) is 1.19. The van der Waals surface area contributed by atoms with Crippen LogP contribution < -0.4 is 4.74 Å². The number of β-amino-alcohol motifs (C(OH)–C–C–N with tert-alkyl or cyclic N) is 1. The molecule has 1 saturated heterocycles. The second-order valence-corrected chi connectivity index (χ2v) is 7.59. The summed E-state index contributed by atoms with van der Waals surface area (Å²) in [5, 5.41) is 10.4. The van der Waals surface area contributed by atoms with Crippen LogP contribution in [0.4, 0.5) is 0 Å². The molecule has 1 aliphatic carbocycles. The third kappa shape index (κ3) is 4.40. The third-order valence-electron chi connectivity index (χ3n) is 5.50. The van der Waals surface area contributed by atoms with Crippen LogP contribution in [0.3, 0.4) is 0 Å². The molecular weight excluding hydrogens is 326 g/mol. The molecular formula is C21H27N3O2. The van der Waals surface area contributed by atoms with E-state index in [1.165, 1.54) is 31.2 Å². The van der Waals surface area contributed by atoms with Crippen molar-refractivity contribution in [2.24, 2.45) is 5.92 Å². The van der Waals surface area contributed by atoms with Crippen molar-refractivity contribution in [2.45, 2.75) is 50.9 Å². The number of rotatable bonds is 6. The number of likely N-dealkylation sites (tertiary alicyclic amines) is 1. The molecule has 1 aliphatic heterocycles. The number of aliphatic hydroxyl groups excluding tert-OH is 1. The van der Waals surface area contributed by atoms with E-state index < -0.39 is 0 Å². The molecule has 0 amide bonds. The van der Waals surface area contributed by atoms with Gasteiger partial charge in [-0.2, -0.15) is 0 Å². The van der Waals surface area contributed by atoms with Gasteiger partial charge in [0.2, 0.25) is 0 Å². The molecule has 26 heavy (non-hydrogen) atoms. The lowest BCUT2D eigenvalue weighted by Crippen LogP contribution is -2.21. The van der Waals surface area contributed by atoms with E-state index in [0.717, 1.165) is 31.0 Å². The van der Waals surface area contributed by atoms with Crippen molar-refractivity contribution in [3.8, 4) is 5.75 Å². The first-order chi connectivity index (χ1) is 12.8. The molecule has 1 N–H and O–H groups in total. The van der Waals surface area contributed by atoms with Crippen LogP contribution in [-0.2, 0) is 13.0 Å². The van der Waals surface area contributed by atoms with Gasteiger partial charge in [-0.15, -0.1) is 0 Å². The van der Waals surface area contributed by atoms with Gasteiger partial charge in [0.1, 0.15) is 5.75 Å². The van der Waals surface area contributed by atoms with Crippen LogP contribution in [0.5, 0.6) is 5.75 Å². The summed E-state index contributed by atoms with van der Waals surface area (Å²) in [6, 6.07) is 8.45. The number of hydrogen-bond acceptors (Lipinski definition) is 5. The second kappa shape index (κ2) is 8.14. The monoisotopic (exact) mass is 353 g/mol. The van der Waals surface area contributed by atoms with E-state index in [-0.39, 0.29) is 12.0 Å². The molecule has 1 aromatic carbocycles. The number of nitrogens with zero attached hydrogens (tertiary/aromatic N) is 3. The Labute approximate surface area is 155 Å². The summed E-state index contributed by atoms with van der Waals surface area (Å²) < 4.78 is 6.03. The highest BCUT2D eigenvalue weighted by molar-refractivity contribution is 5.27. The van der Waals surface area contributed by atoms with Crippen molar-refractivity contribution >= 4 is 0 Å². The number of hydrogen-bond donors (Lipinski definition) is 1. The van der Waals surface area contributed by atoms with E-state index >= 15 is 0 Å². The van der Waals surface area contributed by atoms with Gasteiger partial charge in [-0.1, -0.05) is 12.1 Å². The molecule has 0 radical (unpaired) electrons. The summed E-state index contributed by atoms with van der Waals surface area (Å²) >= 11 is 0. The Balaban J connectivity index is 1.30. The van der Waals surface area contributed by atoms with Crippen molar-refractivity contribution in [3.63, 3.8) is 0 Å².